The molecule has 3 aromatic rings. The molecule has 1 saturated carbocycles. The summed E-state index contributed by atoms with van der Waals surface area (Å²) in [4.78, 5) is 12.0. The highest BCUT2D eigenvalue weighted by Gasteiger charge is 2.30. The van der Waals surface area contributed by atoms with E-state index in [1.54, 1.807) is 24.3 Å². The lowest BCUT2D eigenvalue weighted by molar-refractivity contribution is -0.137. The molecule has 2 aromatic carbocycles. The van der Waals surface area contributed by atoms with Crippen LogP contribution in [0, 0.1) is 0 Å². The highest BCUT2D eigenvalue weighted by Crippen LogP contribution is 2.32. The maximum Gasteiger partial charge on any atom is 0.416 e. The Morgan fingerprint density at radius 1 is 1.04 bits per heavy atom. The Balaban J connectivity index is 1.55. The van der Waals surface area contributed by atoms with Gasteiger partial charge in [-0.15, -0.1) is 10.2 Å². The lowest BCUT2D eigenvalue weighted by Gasteiger charge is -2.11. The second kappa shape index (κ2) is 6.99. The summed E-state index contributed by atoms with van der Waals surface area (Å²) in [5.74, 6) is -0.420. The summed E-state index contributed by atoms with van der Waals surface area (Å²) in [6.07, 6.45) is -2.52. The maximum atomic E-state index is 12.7. The van der Waals surface area contributed by atoms with E-state index in [-0.39, 0.29) is 17.8 Å². The van der Waals surface area contributed by atoms with Crippen LogP contribution in [0.3, 0.4) is 0 Å². The first-order valence-electron chi connectivity index (χ1n) is 8.58. The molecule has 1 fully saturated rings. The van der Waals surface area contributed by atoms with Crippen LogP contribution >= 0.6 is 0 Å². The van der Waals surface area contributed by atoms with Crippen molar-refractivity contribution in [3.8, 4) is 11.5 Å². The first-order valence-corrected chi connectivity index (χ1v) is 8.58. The molecule has 0 atom stereocenters. The Labute approximate surface area is 157 Å². The van der Waals surface area contributed by atoms with Gasteiger partial charge in [0.05, 0.1) is 16.8 Å². The second-order valence-corrected chi connectivity index (χ2v) is 6.41. The van der Waals surface area contributed by atoms with Gasteiger partial charge in [0.2, 0.25) is 5.89 Å². The van der Waals surface area contributed by atoms with Crippen molar-refractivity contribution in [2.24, 2.45) is 0 Å². The molecule has 0 saturated heterocycles. The van der Waals surface area contributed by atoms with E-state index in [0.29, 0.717) is 16.9 Å². The first kappa shape index (κ1) is 18.0. The zero-order valence-electron chi connectivity index (χ0n) is 14.5. The summed E-state index contributed by atoms with van der Waals surface area (Å²) in [5, 5.41) is 13.5. The van der Waals surface area contributed by atoms with Gasteiger partial charge in [0, 0.05) is 11.7 Å². The van der Waals surface area contributed by atoms with E-state index in [9.17, 15) is 18.0 Å². The average Bonchev–Trinajstić information content (AvgIpc) is 3.34. The van der Waals surface area contributed by atoms with Crippen molar-refractivity contribution < 1.29 is 22.4 Å². The van der Waals surface area contributed by atoms with E-state index in [0.717, 1.165) is 25.0 Å². The molecule has 9 heteroatoms. The maximum absolute atomic E-state index is 12.7. The number of alkyl halides is 3. The third-order valence-corrected chi connectivity index (χ3v) is 4.18. The summed E-state index contributed by atoms with van der Waals surface area (Å²) in [6, 6.07) is 11.8. The number of para-hydroxylation sites is 1. The van der Waals surface area contributed by atoms with Gasteiger partial charge in [0.15, 0.2) is 0 Å². The third kappa shape index (κ3) is 3.98. The van der Waals surface area contributed by atoms with E-state index in [2.05, 4.69) is 20.8 Å². The Morgan fingerprint density at radius 3 is 2.43 bits per heavy atom. The highest BCUT2D eigenvalue weighted by atomic mass is 19.4. The zero-order valence-corrected chi connectivity index (χ0v) is 14.5. The highest BCUT2D eigenvalue weighted by molar-refractivity contribution is 5.90. The Hall–Kier alpha value is -3.36. The van der Waals surface area contributed by atoms with E-state index in [1.807, 2.05) is 0 Å². The van der Waals surface area contributed by atoms with Crippen LogP contribution in [0.25, 0.3) is 11.5 Å². The molecule has 6 nitrogen and oxygen atoms in total. The summed E-state index contributed by atoms with van der Waals surface area (Å²) in [6.45, 7) is 0. The summed E-state index contributed by atoms with van der Waals surface area (Å²) < 4.78 is 43.6. The molecule has 1 aromatic heterocycles. The van der Waals surface area contributed by atoms with E-state index in [1.165, 1.54) is 12.1 Å². The molecule has 0 unspecified atom stereocenters. The molecular weight excluding hydrogens is 373 g/mol. The molecule has 0 radical (unpaired) electrons. The number of halogens is 3. The van der Waals surface area contributed by atoms with Gasteiger partial charge in [0.25, 0.3) is 0 Å². The number of hydrogen-bond donors (Lipinski definition) is 2. The summed E-state index contributed by atoms with van der Waals surface area (Å²) in [5.41, 5.74) is 0.821. The first-order chi connectivity index (χ1) is 13.4. The number of benzene rings is 2. The number of amides is 1. The fourth-order valence-corrected chi connectivity index (χ4v) is 2.58. The largest absolute Gasteiger partial charge is 0.416 e. The standard InChI is InChI=1S/C19H15F3N4O2/c20-19(21,22)11-5-7-12(8-6-11)23-15-4-2-1-3-14(15)17-25-26-18(28-17)16(27)24-13-9-10-13/h1-8,13,23H,9-10H2,(H,24,27). The Kier molecular flexibility index (Phi) is 4.50. The van der Waals surface area contributed by atoms with Crippen molar-refractivity contribution >= 4 is 17.3 Å². The smallest absolute Gasteiger partial charge is 0.412 e. The Bertz CT molecular complexity index is 995. The zero-order chi connectivity index (χ0) is 19.7. The number of nitrogens with zero attached hydrogens (tertiary/aromatic N) is 2. The predicted molar refractivity (Wildman–Crippen MR) is 94.9 cm³/mol. The van der Waals surface area contributed by atoms with Crippen molar-refractivity contribution in [1.29, 1.82) is 0 Å². The summed E-state index contributed by atoms with van der Waals surface area (Å²) in [7, 11) is 0. The molecule has 1 aliphatic carbocycles. The number of rotatable bonds is 5. The van der Waals surface area contributed by atoms with Crippen molar-refractivity contribution in [2.45, 2.75) is 25.1 Å². The van der Waals surface area contributed by atoms with Gasteiger partial charge in [-0.1, -0.05) is 12.1 Å². The van der Waals surface area contributed by atoms with Crippen LogP contribution in [0.15, 0.2) is 52.9 Å². The number of hydrogen-bond acceptors (Lipinski definition) is 5. The van der Waals surface area contributed by atoms with E-state index in [4.69, 9.17) is 4.42 Å². The fourth-order valence-electron chi connectivity index (χ4n) is 2.58. The molecule has 0 bridgehead atoms. The van der Waals surface area contributed by atoms with Crippen molar-refractivity contribution in [3.05, 3.63) is 60.0 Å². The molecule has 144 valence electrons. The molecule has 0 spiro atoms. The number of anilines is 2. The lowest BCUT2D eigenvalue weighted by atomic mass is 10.1. The number of aromatic nitrogens is 2. The SMILES string of the molecule is O=C(NC1CC1)c1nnc(-c2ccccc2Nc2ccc(C(F)(F)F)cc2)o1. The lowest BCUT2D eigenvalue weighted by Crippen LogP contribution is -2.25. The van der Waals surface area contributed by atoms with Gasteiger partial charge < -0.3 is 15.1 Å². The molecule has 2 N–H and O–H groups in total. The van der Waals surface area contributed by atoms with Gasteiger partial charge in [-0.2, -0.15) is 13.2 Å². The van der Waals surface area contributed by atoms with Crippen molar-refractivity contribution in [2.75, 3.05) is 5.32 Å². The van der Waals surface area contributed by atoms with Crippen LogP contribution < -0.4 is 10.6 Å². The van der Waals surface area contributed by atoms with Crippen LogP contribution in [-0.2, 0) is 6.18 Å². The van der Waals surface area contributed by atoms with Gasteiger partial charge in [-0.25, -0.2) is 0 Å². The minimum absolute atomic E-state index is 0.133. The molecule has 4 rings (SSSR count). The van der Waals surface area contributed by atoms with E-state index >= 15 is 0 Å². The van der Waals surface area contributed by atoms with E-state index < -0.39 is 17.6 Å². The summed E-state index contributed by atoms with van der Waals surface area (Å²) >= 11 is 0. The molecule has 28 heavy (non-hydrogen) atoms. The number of carbonyl (C=O) groups is 1. The normalized spacial score (nSPS) is 14.0. The quantitative estimate of drug-likeness (QED) is 0.678. The molecule has 1 aliphatic rings. The predicted octanol–water partition coefficient (Wildman–Crippen LogP) is 4.39. The monoisotopic (exact) mass is 388 g/mol. The van der Waals surface area contributed by atoms with Crippen LogP contribution in [0.5, 0.6) is 0 Å². The molecule has 1 amide bonds. The number of carbonyl (C=O) groups excluding carboxylic acids is 1. The number of nitrogens with one attached hydrogen (secondary N) is 2. The third-order valence-electron chi connectivity index (χ3n) is 4.18. The molecule has 0 aliphatic heterocycles. The van der Waals surface area contributed by atoms with Gasteiger partial charge >= 0.3 is 18.0 Å². The van der Waals surface area contributed by atoms with Gasteiger partial charge in [-0.3, -0.25) is 4.79 Å². The van der Waals surface area contributed by atoms with Crippen LogP contribution in [0.2, 0.25) is 0 Å². The molecule has 1 heterocycles. The topological polar surface area (TPSA) is 80.0 Å². The van der Waals surface area contributed by atoms with Crippen LogP contribution in [0.1, 0.15) is 29.1 Å². The Morgan fingerprint density at radius 2 is 1.75 bits per heavy atom. The van der Waals surface area contributed by atoms with Gasteiger partial charge in [0.1, 0.15) is 0 Å². The average molecular weight is 388 g/mol. The minimum Gasteiger partial charge on any atom is -0.412 e. The fraction of sp³-hybridized carbons (Fsp3) is 0.211. The van der Waals surface area contributed by atoms with Crippen molar-refractivity contribution in [1.82, 2.24) is 15.5 Å². The van der Waals surface area contributed by atoms with Gasteiger partial charge in [-0.05, 0) is 49.2 Å². The van der Waals surface area contributed by atoms with Crippen LogP contribution in [-0.4, -0.2) is 22.1 Å². The molecular formula is C19H15F3N4O2. The van der Waals surface area contributed by atoms with Crippen LogP contribution in [0.4, 0.5) is 24.5 Å². The minimum atomic E-state index is -4.39. The second-order valence-electron chi connectivity index (χ2n) is 6.41. The van der Waals surface area contributed by atoms with Crippen molar-refractivity contribution in [3.63, 3.8) is 0 Å².